The van der Waals surface area contributed by atoms with Crippen LogP contribution in [0.2, 0.25) is 0 Å². The maximum Gasteiger partial charge on any atom is 0.324 e. The molecule has 0 radical (unpaired) electrons. The van der Waals surface area contributed by atoms with E-state index in [4.69, 9.17) is 4.74 Å². The fourth-order valence-electron chi connectivity index (χ4n) is 1.77. The molecule has 0 aliphatic heterocycles. The lowest BCUT2D eigenvalue weighted by molar-refractivity contribution is -0.145. The van der Waals surface area contributed by atoms with E-state index in [9.17, 15) is 13.2 Å². The molecule has 0 amide bonds. The highest BCUT2D eigenvalue weighted by Gasteiger charge is 2.26. The molecule has 5 nitrogen and oxygen atoms in total. The summed E-state index contributed by atoms with van der Waals surface area (Å²) in [6.45, 7) is 3.89. The Kier molecular flexibility index (Phi) is 7.34. The Labute approximate surface area is 134 Å². The van der Waals surface area contributed by atoms with Crippen LogP contribution in [0.1, 0.15) is 33.1 Å². The molecule has 0 spiro atoms. The van der Waals surface area contributed by atoms with Gasteiger partial charge in [0.05, 0.1) is 11.5 Å². The first-order chi connectivity index (χ1) is 9.90. The second kappa shape index (κ2) is 8.51. The first-order valence-electron chi connectivity index (χ1n) is 6.85. The molecule has 0 heterocycles. The van der Waals surface area contributed by atoms with E-state index in [1.807, 2.05) is 6.92 Å². The predicted octanol–water partition coefficient (Wildman–Crippen LogP) is 2.85. The van der Waals surface area contributed by atoms with Gasteiger partial charge in [-0.3, -0.25) is 4.79 Å². The molecule has 118 valence electrons. The minimum Gasteiger partial charge on any atom is -0.465 e. The van der Waals surface area contributed by atoms with Crippen molar-refractivity contribution in [1.82, 2.24) is 4.72 Å². The molecule has 0 aromatic heterocycles. The first-order valence-corrected chi connectivity index (χ1v) is 9.12. The summed E-state index contributed by atoms with van der Waals surface area (Å²) in [5.74, 6) is -0.537. The maximum atomic E-state index is 12.3. The minimum atomic E-state index is -3.76. The molecule has 0 saturated heterocycles. The summed E-state index contributed by atoms with van der Waals surface area (Å²) in [4.78, 5) is 12.0. The summed E-state index contributed by atoms with van der Waals surface area (Å²) < 4.78 is 32.7. The van der Waals surface area contributed by atoms with Crippen LogP contribution in [-0.2, 0) is 19.6 Å². The Bertz CT molecular complexity index is 574. The van der Waals surface area contributed by atoms with Crippen LogP contribution in [0.15, 0.2) is 33.6 Å². The zero-order chi connectivity index (χ0) is 15.9. The van der Waals surface area contributed by atoms with Crippen LogP contribution >= 0.6 is 15.9 Å². The van der Waals surface area contributed by atoms with Gasteiger partial charge >= 0.3 is 5.97 Å². The molecule has 1 aromatic carbocycles. The molecule has 1 aromatic rings. The molecular formula is C14H20BrNO4S. The number of rotatable bonds is 8. The van der Waals surface area contributed by atoms with E-state index >= 15 is 0 Å². The van der Waals surface area contributed by atoms with Gasteiger partial charge in [-0.2, -0.15) is 4.72 Å². The predicted molar refractivity (Wildman–Crippen MR) is 84.4 cm³/mol. The number of sulfonamides is 1. The minimum absolute atomic E-state index is 0.114. The molecule has 0 saturated carbocycles. The van der Waals surface area contributed by atoms with Crippen molar-refractivity contribution in [3.05, 3.63) is 28.7 Å². The number of hydrogen-bond acceptors (Lipinski definition) is 4. The summed E-state index contributed by atoms with van der Waals surface area (Å²) in [6, 6.07) is 5.48. The zero-order valence-corrected chi connectivity index (χ0v) is 14.5. The summed E-state index contributed by atoms with van der Waals surface area (Å²) in [5, 5.41) is 0. The zero-order valence-electron chi connectivity index (χ0n) is 12.1. The molecule has 1 unspecified atom stereocenters. The molecule has 21 heavy (non-hydrogen) atoms. The second-order valence-corrected chi connectivity index (χ2v) is 7.16. The summed E-state index contributed by atoms with van der Waals surface area (Å²) in [6.07, 6.45) is 2.03. The lowest BCUT2D eigenvalue weighted by Crippen LogP contribution is -2.41. The van der Waals surface area contributed by atoms with Crippen LogP contribution in [0.4, 0.5) is 0 Å². The van der Waals surface area contributed by atoms with E-state index in [0.717, 1.165) is 12.8 Å². The van der Waals surface area contributed by atoms with Crippen molar-refractivity contribution in [3.8, 4) is 0 Å². The van der Waals surface area contributed by atoms with E-state index in [1.165, 1.54) is 12.1 Å². The first kappa shape index (κ1) is 18.1. The van der Waals surface area contributed by atoms with Crippen LogP contribution in [0.3, 0.4) is 0 Å². The fourth-order valence-corrected chi connectivity index (χ4v) is 3.58. The van der Waals surface area contributed by atoms with Gasteiger partial charge in [-0.1, -0.05) is 41.8 Å². The number of benzene rings is 1. The number of hydrogen-bond donors (Lipinski definition) is 1. The Hall–Kier alpha value is -0.920. The Morgan fingerprint density at radius 3 is 2.67 bits per heavy atom. The van der Waals surface area contributed by atoms with Crippen LogP contribution < -0.4 is 4.72 Å². The van der Waals surface area contributed by atoms with Gasteiger partial charge in [0.25, 0.3) is 0 Å². The topological polar surface area (TPSA) is 72.5 Å². The quantitative estimate of drug-likeness (QED) is 0.706. The molecule has 0 bridgehead atoms. The maximum absolute atomic E-state index is 12.3. The normalized spacial score (nSPS) is 12.9. The van der Waals surface area contributed by atoms with Crippen molar-refractivity contribution < 1.29 is 17.9 Å². The molecular weight excluding hydrogens is 358 g/mol. The average molecular weight is 378 g/mol. The SMILES string of the molecule is CCCCC(NS(=O)(=O)c1cccc(Br)c1)C(=O)OCC. The third-order valence-corrected chi connectivity index (χ3v) is 4.78. The Morgan fingerprint density at radius 1 is 1.38 bits per heavy atom. The standard InChI is InChI=1S/C14H20BrNO4S/c1-3-5-9-13(14(17)20-4-2)16-21(18,19)12-8-6-7-11(15)10-12/h6-8,10,13,16H,3-5,9H2,1-2H3. The Morgan fingerprint density at radius 2 is 2.10 bits per heavy atom. The van der Waals surface area contributed by atoms with E-state index in [-0.39, 0.29) is 11.5 Å². The van der Waals surface area contributed by atoms with E-state index in [0.29, 0.717) is 10.9 Å². The largest absolute Gasteiger partial charge is 0.465 e. The van der Waals surface area contributed by atoms with Crippen molar-refractivity contribution in [2.75, 3.05) is 6.61 Å². The highest BCUT2D eigenvalue weighted by atomic mass is 79.9. The molecule has 1 N–H and O–H groups in total. The summed E-state index contributed by atoms with van der Waals surface area (Å²) >= 11 is 3.23. The number of carbonyl (C=O) groups excluding carboxylic acids is 1. The third kappa shape index (κ3) is 5.76. The molecule has 1 rings (SSSR count). The number of unbranched alkanes of at least 4 members (excludes halogenated alkanes) is 1. The van der Waals surface area contributed by atoms with Crippen LogP contribution in [0.25, 0.3) is 0 Å². The van der Waals surface area contributed by atoms with E-state index < -0.39 is 22.0 Å². The highest BCUT2D eigenvalue weighted by molar-refractivity contribution is 9.10. The monoisotopic (exact) mass is 377 g/mol. The summed E-state index contributed by atoms with van der Waals surface area (Å²) in [7, 11) is -3.76. The molecule has 0 aliphatic rings. The van der Waals surface area contributed by atoms with Gasteiger partial charge in [-0.05, 0) is 31.5 Å². The average Bonchev–Trinajstić information content (AvgIpc) is 2.43. The van der Waals surface area contributed by atoms with Gasteiger partial charge in [0.15, 0.2) is 0 Å². The van der Waals surface area contributed by atoms with Crippen LogP contribution in [0.5, 0.6) is 0 Å². The Balaban J connectivity index is 2.92. The fraction of sp³-hybridized carbons (Fsp3) is 0.500. The van der Waals surface area contributed by atoms with Crippen molar-refractivity contribution >= 4 is 31.9 Å². The smallest absolute Gasteiger partial charge is 0.324 e. The number of halogens is 1. The van der Waals surface area contributed by atoms with Crippen molar-refractivity contribution in [1.29, 1.82) is 0 Å². The van der Waals surface area contributed by atoms with E-state index in [1.54, 1.807) is 19.1 Å². The van der Waals surface area contributed by atoms with Crippen molar-refractivity contribution in [2.45, 2.75) is 44.0 Å². The third-order valence-electron chi connectivity index (χ3n) is 2.82. The van der Waals surface area contributed by atoms with Gasteiger partial charge in [0.1, 0.15) is 6.04 Å². The molecule has 0 aliphatic carbocycles. The molecule has 7 heteroatoms. The van der Waals surface area contributed by atoms with Gasteiger partial charge < -0.3 is 4.74 Å². The van der Waals surface area contributed by atoms with Crippen molar-refractivity contribution in [3.63, 3.8) is 0 Å². The molecule has 0 fully saturated rings. The van der Waals surface area contributed by atoms with Crippen LogP contribution in [0, 0.1) is 0 Å². The summed E-state index contributed by atoms with van der Waals surface area (Å²) in [5.41, 5.74) is 0. The van der Waals surface area contributed by atoms with Gasteiger partial charge in [-0.15, -0.1) is 0 Å². The number of nitrogens with one attached hydrogen (secondary N) is 1. The van der Waals surface area contributed by atoms with Crippen molar-refractivity contribution in [2.24, 2.45) is 0 Å². The second-order valence-electron chi connectivity index (χ2n) is 4.53. The number of carbonyl (C=O) groups is 1. The van der Waals surface area contributed by atoms with Gasteiger partial charge in [0.2, 0.25) is 10.0 Å². The lowest BCUT2D eigenvalue weighted by Gasteiger charge is -2.17. The molecule has 1 atom stereocenters. The lowest BCUT2D eigenvalue weighted by atomic mass is 10.1. The van der Waals surface area contributed by atoms with Gasteiger partial charge in [0, 0.05) is 4.47 Å². The highest BCUT2D eigenvalue weighted by Crippen LogP contribution is 2.17. The van der Waals surface area contributed by atoms with Gasteiger partial charge in [-0.25, -0.2) is 8.42 Å². The number of esters is 1. The van der Waals surface area contributed by atoms with E-state index in [2.05, 4.69) is 20.7 Å². The number of ether oxygens (including phenoxy) is 1. The van der Waals surface area contributed by atoms with Crippen LogP contribution in [-0.4, -0.2) is 27.0 Å².